The van der Waals surface area contributed by atoms with Crippen LogP contribution in [-0.4, -0.2) is 3.21 Å². The maximum absolute atomic E-state index is 2.36. The van der Waals surface area contributed by atoms with Crippen LogP contribution in [0.4, 0.5) is 0 Å². The fourth-order valence-corrected chi connectivity index (χ4v) is 2.38. The second-order valence-electron chi connectivity index (χ2n) is 3.57. The Morgan fingerprint density at radius 2 is 1.94 bits per heavy atom. The van der Waals surface area contributed by atoms with Gasteiger partial charge in [0, 0.05) is 10.8 Å². The molecule has 4 heteroatoms. The van der Waals surface area contributed by atoms with Crippen LogP contribution in [0.15, 0.2) is 34.1 Å². The van der Waals surface area contributed by atoms with E-state index in [0.29, 0.717) is 5.92 Å². The van der Waals surface area contributed by atoms with Crippen molar-refractivity contribution in [3.05, 3.63) is 34.1 Å². The third-order valence-electron chi connectivity index (χ3n) is 1.87. The standard InChI is InChI=1S/C9H10S.C3H6.2ClH.Zr/c1-2-8-6-7-4-3-5-9(7)10-8;1-3-2;;;/h3-7H,2H2,1H3;1-2H3;2*1H;/q;;;;+2/p-2. The van der Waals surface area contributed by atoms with Gasteiger partial charge in [-0.05, 0) is 11.3 Å². The van der Waals surface area contributed by atoms with Crippen molar-refractivity contribution in [2.24, 2.45) is 5.92 Å². The monoisotopic (exact) mass is 352 g/mol. The molecule has 0 aromatic heterocycles. The quantitative estimate of drug-likeness (QED) is 0.518. The molecule has 16 heavy (non-hydrogen) atoms. The first kappa shape index (κ1) is 19.2. The third-order valence-corrected chi connectivity index (χ3v) is 3.20. The van der Waals surface area contributed by atoms with E-state index in [9.17, 15) is 0 Å². The van der Waals surface area contributed by atoms with Crippen LogP contribution in [0.3, 0.4) is 0 Å². The molecule has 0 aromatic rings. The molecule has 1 aliphatic heterocycles. The van der Waals surface area contributed by atoms with Crippen LogP contribution in [-0.2, 0) is 24.2 Å². The summed E-state index contributed by atoms with van der Waals surface area (Å²) in [6, 6.07) is 0. The summed E-state index contributed by atoms with van der Waals surface area (Å²) in [5.41, 5.74) is 0. The zero-order valence-electron chi connectivity index (χ0n) is 9.76. The Morgan fingerprint density at radius 1 is 1.38 bits per heavy atom. The number of allylic oxidation sites excluding steroid dienone is 6. The maximum atomic E-state index is 2.36. The minimum atomic E-state index is 0. The molecule has 0 spiro atoms. The van der Waals surface area contributed by atoms with E-state index in [2.05, 4.69) is 45.1 Å². The summed E-state index contributed by atoms with van der Waals surface area (Å²) < 4.78 is 1.51. The number of rotatable bonds is 1. The molecule has 2 aliphatic rings. The summed E-state index contributed by atoms with van der Waals surface area (Å²) in [7, 11) is 0. The number of hydrogen-bond donors (Lipinski definition) is 0. The van der Waals surface area contributed by atoms with Crippen LogP contribution in [0.1, 0.15) is 27.2 Å². The first-order valence-electron chi connectivity index (χ1n) is 4.92. The van der Waals surface area contributed by atoms with Crippen LogP contribution in [0.25, 0.3) is 0 Å². The maximum Gasteiger partial charge on any atom is -1.00 e. The first-order valence-corrected chi connectivity index (χ1v) is 6.96. The molecule has 0 N–H and O–H groups in total. The van der Waals surface area contributed by atoms with Crippen LogP contribution < -0.4 is 24.8 Å². The second-order valence-corrected chi connectivity index (χ2v) is 7.23. The van der Waals surface area contributed by atoms with Gasteiger partial charge in [0.1, 0.15) is 0 Å². The molecule has 2 rings (SSSR count). The largest absolute Gasteiger partial charge is 1.00 e. The average molecular weight is 354 g/mol. The molecule has 0 fully saturated rings. The van der Waals surface area contributed by atoms with E-state index in [-0.39, 0.29) is 24.8 Å². The van der Waals surface area contributed by atoms with Crippen LogP contribution in [0, 0.1) is 5.92 Å². The molecule has 0 bridgehead atoms. The Balaban J connectivity index is 0. The van der Waals surface area contributed by atoms with Crippen molar-refractivity contribution < 1.29 is 49.0 Å². The number of hydrogen-bond acceptors (Lipinski definition) is 1. The van der Waals surface area contributed by atoms with Gasteiger partial charge in [-0.25, -0.2) is 0 Å². The molecule has 0 saturated carbocycles. The van der Waals surface area contributed by atoms with Gasteiger partial charge in [0.05, 0.1) is 0 Å². The van der Waals surface area contributed by atoms with Crippen molar-refractivity contribution >= 4 is 15.0 Å². The van der Waals surface area contributed by atoms with E-state index in [0.717, 1.165) is 0 Å². The van der Waals surface area contributed by atoms with Gasteiger partial charge in [-0.15, -0.1) is 0 Å². The summed E-state index contributed by atoms with van der Waals surface area (Å²) >= 11 is 3.49. The van der Waals surface area contributed by atoms with Gasteiger partial charge in [-0.1, -0.05) is 43.0 Å². The average Bonchev–Trinajstić information content (AvgIpc) is 2.59. The van der Waals surface area contributed by atoms with Gasteiger partial charge in [0.2, 0.25) is 0 Å². The van der Waals surface area contributed by atoms with Gasteiger partial charge >= 0.3 is 41.3 Å². The van der Waals surface area contributed by atoms with Crippen LogP contribution in [0.5, 0.6) is 0 Å². The van der Waals surface area contributed by atoms with Gasteiger partial charge < -0.3 is 24.8 Å². The number of halogens is 2. The Hall–Kier alpha value is 0.903. The van der Waals surface area contributed by atoms with E-state index >= 15 is 0 Å². The van der Waals surface area contributed by atoms with E-state index < -0.39 is 0 Å². The van der Waals surface area contributed by atoms with Gasteiger partial charge in [-0.3, -0.25) is 0 Å². The summed E-state index contributed by atoms with van der Waals surface area (Å²) in [5, 5.41) is 0. The molecule has 1 aliphatic carbocycles. The molecule has 0 aromatic carbocycles. The Labute approximate surface area is 130 Å². The van der Waals surface area contributed by atoms with Crippen LogP contribution in [0.2, 0.25) is 0 Å². The zero-order chi connectivity index (χ0) is 10.6. The van der Waals surface area contributed by atoms with Gasteiger partial charge in [0.15, 0.2) is 0 Å². The smallest absolute Gasteiger partial charge is 1.00 e. The molecule has 88 valence electrons. The second kappa shape index (κ2) is 9.88. The van der Waals surface area contributed by atoms with Crippen molar-refractivity contribution in [2.45, 2.75) is 27.2 Å². The van der Waals surface area contributed by atoms with E-state index in [1.165, 1.54) is 19.4 Å². The number of fused-ring (bicyclic) bond motifs is 1. The zero-order valence-corrected chi connectivity index (χ0v) is 14.5. The molecular formula is C12H16Cl2SZr. The van der Waals surface area contributed by atoms with E-state index in [1.54, 1.807) is 24.2 Å². The van der Waals surface area contributed by atoms with E-state index in [4.69, 9.17) is 0 Å². The molecule has 1 atom stereocenters. The predicted octanol–water partition coefficient (Wildman–Crippen LogP) is -2.15. The predicted molar refractivity (Wildman–Crippen MR) is 63.0 cm³/mol. The Bertz CT molecular complexity index is 315. The van der Waals surface area contributed by atoms with Crippen molar-refractivity contribution in [2.75, 3.05) is 0 Å². The number of thioether (sulfide) groups is 1. The summed E-state index contributed by atoms with van der Waals surface area (Å²) in [6.07, 6.45) is 10.2. The minimum absolute atomic E-state index is 0. The molecular weight excluding hydrogens is 338 g/mol. The minimum Gasteiger partial charge on any atom is -1.00 e. The van der Waals surface area contributed by atoms with Crippen molar-refractivity contribution in [3.8, 4) is 0 Å². The molecule has 0 radical (unpaired) electrons. The molecule has 1 heterocycles. The van der Waals surface area contributed by atoms with Crippen molar-refractivity contribution in [1.82, 2.24) is 0 Å². The fourth-order valence-electron chi connectivity index (χ4n) is 1.29. The molecule has 1 unspecified atom stereocenters. The Kier molecular flexibility index (Phi) is 11.9. The topological polar surface area (TPSA) is 0 Å². The summed E-state index contributed by atoms with van der Waals surface area (Å²) in [5.74, 6) is 0.639. The van der Waals surface area contributed by atoms with Crippen molar-refractivity contribution in [3.63, 3.8) is 0 Å². The molecule has 0 amide bonds. The van der Waals surface area contributed by atoms with E-state index in [1.807, 2.05) is 11.8 Å². The Morgan fingerprint density at radius 3 is 2.38 bits per heavy atom. The third kappa shape index (κ3) is 6.59. The SMILES string of the molecule is CCC1=CC2C=CC=C2S1.C[C](C)=[Zr+2].[Cl-].[Cl-]. The molecule has 0 nitrogen and oxygen atoms in total. The van der Waals surface area contributed by atoms with Gasteiger partial charge in [-0.2, -0.15) is 0 Å². The first-order chi connectivity index (χ1) is 6.63. The summed E-state index contributed by atoms with van der Waals surface area (Å²) in [6.45, 7) is 6.46. The van der Waals surface area contributed by atoms with Crippen LogP contribution >= 0.6 is 11.8 Å². The fraction of sp³-hybridized carbons (Fsp3) is 0.417. The normalized spacial score (nSPS) is 19.4. The molecule has 0 saturated heterocycles. The van der Waals surface area contributed by atoms with Gasteiger partial charge in [0.25, 0.3) is 0 Å². The van der Waals surface area contributed by atoms with Crippen molar-refractivity contribution in [1.29, 1.82) is 0 Å². The summed E-state index contributed by atoms with van der Waals surface area (Å²) in [4.78, 5) is 3.04.